The van der Waals surface area contributed by atoms with E-state index >= 15 is 0 Å². The quantitative estimate of drug-likeness (QED) is 0.737. The van der Waals surface area contributed by atoms with Crippen LogP contribution in [0, 0.1) is 11.3 Å². The molecule has 0 amide bonds. The van der Waals surface area contributed by atoms with Crippen molar-refractivity contribution < 1.29 is 0 Å². The lowest BCUT2D eigenvalue weighted by atomic mass is 9.99. The fourth-order valence-corrected chi connectivity index (χ4v) is 1.31. The van der Waals surface area contributed by atoms with Crippen molar-refractivity contribution in [1.29, 1.82) is 5.26 Å². The standard InChI is InChI=1S/C12H16N2/c1-3-10(2)11-4-6-12(7-5-11)14-9-8-13/h4-7,10,14H,3,9H2,1-2H3. The normalized spacial score (nSPS) is 11.8. The molecule has 0 heterocycles. The number of anilines is 1. The second-order valence-corrected chi connectivity index (χ2v) is 3.44. The summed E-state index contributed by atoms with van der Waals surface area (Å²) in [4.78, 5) is 0. The molecule has 1 N–H and O–H groups in total. The largest absolute Gasteiger partial charge is 0.372 e. The van der Waals surface area contributed by atoms with E-state index < -0.39 is 0 Å². The Balaban J connectivity index is 2.64. The Bertz CT molecular complexity index is 308. The Kier molecular flexibility index (Phi) is 4.00. The molecule has 0 bridgehead atoms. The van der Waals surface area contributed by atoms with Crippen LogP contribution in [0.3, 0.4) is 0 Å². The summed E-state index contributed by atoms with van der Waals surface area (Å²) in [6.45, 7) is 4.77. The maximum atomic E-state index is 8.40. The molecule has 14 heavy (non-hydrogen) atoms. The molecule has 1 unspecified atom stereocenters. The van der Waals surface area contributed by atoms with Gasteiger partial charge in [0.25, 0.3) is 0 Å². The van der Waals surface area contributed by atoms with E-state index in [1.54, 1.807) is 0 Å². The second-order valence-electron chi connectivity index (χ2n) is 3.44. The predicted molar refractivity (Wildman–Crippen MR) is 59.3 cm³/mol. The van der Waals surface area contributed by atoms with Gasteiger partial charge in [-0.2, -0.15) is 5.26 Å². The highest BCUT2D eigenvalue weighted by atomic mass is 14.9. The Labute approximate surface area is 85.6 Å². The molecule has 1 atom stereocenters. The summed E-state index contributed by atoms with van der Waals surface area (Å²) in [7, 11) is 0. The first-order chi connectivity index (χ1) is 6.77. The monoisotopic (exact) mass is 188 g/mol. The van der Waals surface area contributed by atoms with Gasteiger partial charge in [-0.05, 0) is 30.0 Å². The summed E-state index contributed by atoms with van der Waals surface area (Å²) < 4.78 is 0. The molecule has 1 aromatic carbocycles. The van der Waals surface area contributed by atoms with Crippen molar-refractivity contribution in [3.63, 3.8) is 0 Å². The minimum absolute atomic E-state index is 0.364. The third-order valence-electron chi connectivity index (χ3n) is 2.46. The number of hydrogen-bond acceptors (Lipinski definition) is 2. The smallest absolute Gasteiger partial charge is 0.103 e. The average molecular weight is 188 g/mol. The summed E-state index contributed by atoms with van der Waals surface area (Å²) >= 11 is 0. The van der Waals surface area contributed by atoms with Gasteiger partial charge in [-0.1, -0.05) is 26.0 Å². The number of nitrogens with one attached hydrogen (secondary N) is 1. The summed E-state index contributed by atoms with van der Waals surface area (Å²) in [6.07, 6.45) is 1.16. The molecule has 0 saturated heterocycles. The molecule has 0 saturated carbocycles. The van der Waals surface area contributed by atoms with Crippen molar-refractivity contribution in [2.24, 2.45) is 0 Å². The van der Waals surface area contributed by atoms with Gasteiger partial charge in [0.15, 0.2) is 0 Å². The number of benzene rings is 1. The third-order valence-corrected chi connectivity index (χ3v) is 2.46. The van der Waals surface area contributed by atoms with Crippen molar-refractivity contribution in [3.05, 3.63) is 29.8 Å². The van der Waals surface area contributed by atoms with Gasteiger partial charge in [0.05, 0.1) is 6.07 Å². The van der Waals surface area contributed by atoms with Gasteiger partial charge in [0.2, 0.25) is 0 Å². The highest BCUT2D eigenvalue weighted by Crippen LogP contribution is 2.20. The summed E-state index contributed by atoms with van der Waals surface area (Å²) in [5.41, 5.74) is 2.37. The molecule has 0 aliphatic rings. The number of hydrogen-bond donors (Lipinski definition) is 1. The fourth-order valence-electron chi connectivity index (χ4n) is 1.31. The summed E-state index contributed by atoms with van der Waals surface area (Å²) in [6, 6.07) is 10.3. The Hall–Kier alpha value is -1.49. The van der Waals surface area contributed by atoms with Crippen LogP contribution in [-0.4, -0.2) is 6.54 Å². The van der Waals surface area contributed by atoms with E-state index in [-0.39, 0.29) is 0 Å². The van der Waals surface area contributed by atoms with Gasteiger partial charge in [0.1, 0.15) is 6.54 Å². The second kappa shape index (κ2) is 5.29. The van der Waals surface area contributed by atoms with Gasteiger partial charge in [0, 0.05) is 5.69 Å². The molecule has 0 fully saturated rings. The van der Waals surface area contributed by atoms with E-state index in [0.717, 1.165) is 12.1 Å². The van der Waals surface area contributed by atoms with Crippen LogP contribution in [0.4, 0.5) is 5.69 Å². The highest BCUT2D eigenvalue weighted by Gasteiger charge is 2.01. The molecule has 2 nitrogen and oxygen atoms in total. The third kappa shape index (κ3) is 2.77. The van der Waals surface area contributed by atoms with E-state index in [1.807, 2.05) is 12.1 Å². The molecule has 0 aliphatic heterocycles. The first-order valence-corrected chi connectivity index (χ1v) is 4.98. The lowest BCUT2D eigenvalue weighted by Crippen LogP contribution is -1.98. The molecular weight excluding hydrogens is 172 g/mol. The zero-order chi connectivity index (χ0) is 10.4. The minimum Gasteiger partial charge on any atom is -0.372 e. The van der Waals surface area contributed by atoms with Crippen LogP contribution in [0.5, 0.6) is 0 Å². The molecule has 0 aliphatic carbocycles. The van der Waals surface area contributed by atoms with Crippen LogP contribution in [0.2, 0.25) is 0 Å². The van der Waals surface area contributed by atoms with E-state index in [9.17, 15) is 0 Å². The Morgan fingerprint density at radius 3 is 2.50 bits per heavy atom. The van der Waals surface area contributed by atoms with Crippen molar-refractivity contribution in [1.82, 2.24) is 0 Å². The first-order valence-electron chi connectivity index (χ1n) is 4.98. The maximum Gasteiger partial charge on any atom is 0.103 e. The fraction of sp³-hybridized carbons (Fsp3) is 0.417. The molecule has 2 heteroatoms. The number of nitrogens with zero attached hydrogens (tertiary/aromatic N) is 1. The Morgan fingerprint density at radius 1 is 1.36 bits per heavy atom. The van der Waals surface area contributed by atoms with Crippen LogP contribution in [0.1, 0.15) is 31.7 Å². The van der Waals surface area contributed by atoms with Crippen LogP contribution in [0.25, 0.3) is 0 Å². The van der Waals surface area contributed by atoms with E-state index in [1.165, 1.54) is 5.56 Å². The van der Waals surface area contributed by atoms with Gasteiger partial charge < -0.3 is 5.32 Å². The SMILES string of the molecule is CCC(C)c1ccc(NCC#N)cc1. The van der Waals surface area contributed by atoms with Crippen LogP contribution < -0.4 is 5.32 Å². The van der Waals surface area contributed by atoms with Crippen LogP contribution >= 0.6 is 0 Å². The van der Waals surface area contributed by atoms with Crippen LogP contribution in [-0.2, 0) is 0 Å². The van der Waals surface area contributed by atoms with Crippen molar-refractivity contribution in [3.8, 4) is 6.07 Å². The Morgan fingerprint density at radius 2 is 2.00 bits per heavy atom. The van der Waals surface area contributed by atoms with Crippen molar-refractivity contribution in [2.45, 2.75) is 26.2 Å². The molecule has 1 aromatic rings. The molecule has 0 spiro atoms. The van der Waals surface area contributed by atoms with Gasteiger partial charge >= 0.3 is 0 Å². The number of nitriles is 1. The van der Waals surface area contributed by atoms with Gasteiger partial charge in [-0.15, -0.1) is 0 Å². The lowest BCUT2D eigenvalue weighted by molar-refractivity contribution is 0.734. The topological polar surface area (TPSA) is 35.8 Å². The molecule has 0 aromatic heterocycles. The van der Waals surface area contributed by atoms with Gasteiger partial charge in [-0.3, -0.25) is 0 Å². The molecule has 1 rings (SSSR count). The summed E-state index contributed by atoms with van der Waals surface area (Å²) in [5.74, 6) is 0.611. The van der Waals surface area contributed by atoms with E-state index in [2.05, 4.69) is 37.4 Å². The van der Waals surface area contributed by atoms with E-state index in [0.29, 0.717) is 12.5 Å². The average Bonchev–Trinajstić information content (AvgIpc) is 2.26. The molecule has 74 valence electrons. The lowest BCUT2D eigenvalue weighted by Gasteiger charge is -2.09. The van der Waals surface area contributed by atoms with Crippen LogP contribution in [0.15, 0.2) is 24.3 Å². The molecule has 0 radical (unpaired) electrons. The van der Waals surface area contributed by atoms with Gasteiger partial charge in [-0.25, -0.2) is 0 Å². The maximum absolute atomic E-state index is 8.40. The van der Waals surface area contributed by atoms with E-state index in [4.69, 9.17) is 5.26 Å². The highest BCUT2D eigenvalue weighted by molar-refractivity contribution is 5.45. The summed E-state index contributed by atoms with van der Waals surface area (Å²) in [5, 5.41) is 11.4. The number of rotatable bonds is 4. The first kappa shape index (κ1) is 10.6. The van der Waals surface area contributed by atoms with Crippen molar-refractivity contribution in [2.75, 3.05) is 11.9 Å². The predicted octanol–water partition coefficient (Wildman–Crippen LogP) is 3.14. The zero-order valence-corrected chi connectivity index (χ0v) is 8.75. The minimum atomic E-state index is 0.364. The molecular formula is C12H16N2. The van der Waals surface area contributed by atoms with Crippen molar-refractivity contribution >= 4 is 5.69 Å². The zero-order valence-electron chi connectivity index (χ0n) is 8.75.